The molecular weight excluding hydrogens is 598 g/mol. The predicted octanol–water partition coefficient (Wildman–Crippen LogP) is 6.07. The molecule has 7 nitrogen and oxygen atoms in total. The second-order valence-corrected chi connectivity index (χ2v) is 10.8. The Morgan fingerprint density at radius 1 is 1.19 bits per heavy atom. The molecular formula is C26H26FIN2O5S. The summed E-state index contributed by atoms with van der Waals surface area (Å²) in [6, 6.07) is 8.93. The van der Waals surface area contributed by atoms with E-state index >= 15 is 0 Å². The van der Waals surface area contributed by atoms with Crippen LogP contribution in [0, 0.1) is 15.3 Å². The van der Waals surface area contributed by atoms with Gasteiger partial charge in [-0.1, -0.05) is 19.3 Å². The van der Waals surface area contributed by atoms with Crippen molar-refractivity contribution in [3.63, 3.8) is 0 Å². The van der Waals surface area contributed by atoms with Gasteiger partial charge in [-0.3, -0.25) is 19.3 Å². The highest BCUT2D eigenvalue weighted by Gasteiger charge is 2.36. The number of hydrogen-bond donors (Lipinski definition) is 1. The molecule has 2 fully saturated rings. The highest BCUT2D eigenvalue weighted by Crippen LogP contribution is 2.38. The third-order valence-electron chi connectivity index (χ3n) is 6.06. The van der Waals surface area contributed by atoms with Crippen molar-refractivity contribution >= 4 is 63.2 Å². The van der Waals surface area contributed by atoms with Crippen LogP contribution in [0.25, 0.3) is 6.08 Å². The van der Waals surface area contributed by atoms with Crippen molar-refractivity contribution in [1.29, 1.82) is 0 Å². The maximum atomic E-state index is 13.0. The number of nitrogens with one attached hydrogen (secondary N) is 1. The van der Waals surface area contributed by atoms with E-state index in [9.17, 15) is 18.8 Å². The molecule has 2 aromatic carbocycles. The molecule has 0 aromatic heterocycles. The van der Waals surface area contributed by atoms with Crippen molar-refractivity contribution in [3.8, 4) is 11.5 Å². The minimum absolute atomic E-state index is 0.231. The van der Waals surface area contributed by atoms with E-state index in [4.69, 9.17) is 9.47 Å². The van der Waals surface area contributed by atoms with Crippen LogP contribution in [0.15, 0.2) is 41.3 Å². The molecule has 4 rings (SSSR count). The van der Waals surface area contributed by atoms with Gasteiger partial charge in [-0.05, 0) is 101 Å². The molecule has 0 unspecified atom stereocenters. The molecule has 1 saturated heterocycles. The van der Waals surface area contributed by atoms with Crippen LogP contribution in [0.5, 0.6) is 11.5 Å². The van der Waals surface area contributed by atoms with Crippen molar-refractivity contribution in [2.24, 2.45) is 5.92 Å². The molecule has 3 amide bonds. The molecule has 0 bridgehead atoms. The van der Waals surface area contributed by atoms with Crippen molar-refractivity contribution in [2.45, 2.75) is 32.1 Å². The number of carbonyl (C=O) groups excluding carboxylic acids is 3. The fourth-order valence-electron chi connectivity index (χ4n) is 4.27. The van der Waals surface area contributed by atoms with Crippen molar-refractivity contribution < 1.29 is 28.2 Å². The van der Waals surface area contributed by atoms with Crippen LogP contribution in [0.2, 0.25) is 0 Å². The number of methoxy groups -OCH3 is 1. The number of anilines is 1. The Bertz CT molecular complexity index is 1180. The van der Waals surface area contributed by atoms with Gasteiger partial charge in [-0.2, -0.15) is 0 Å². The summed E-state index contributed by atoms with van der Waals surface area (Å²) in [7, 11) is 1.48. The Morgan fingerprint density at radius 2 is 1.92 bits per heavy atom. The molecule has 36 heavy (non-hydrogen) atoms. The van der Waals surface area contributed by atoms with Crippen LogP contribution >= 0.6 is 34.4 Å². The number of thioether (sulfide) groups is 1. The fourth-order valence-corrected chi connectivity index (χ4v) is 5.90. The number of imide groups is 1. The second kappa shape index (κ2) is 12.1. The Morgan fingerprint density at radius 3 is 2.61 bits per heavy atom. The monoisotopic (exact) mass is 624 g/mol. The number of nitrogens with zero attached hydrogens (tertiary/aromatic N) is 1. The maximum Gasteiger partial charge on any atom is 0.293 e. The summed E-state index contributed by atoms with van der Waals surface area (Å²) in [6.07, 6.45) is 7.31. The number of carbonyl (C=O) groups is 3. The van der Waals surface area contributed by atoms with Crippen molar-refractivity contribution in [2.75, 3.05) is 25.6 Å². The van der Waals surface area contributed by atoms with Crippen molar-refractivity contribution in [1.82, 2.24) is 4.90 Å². The summed E-state index contributed by atoms with van der Waals surface area (Å²) < 4.78 is 24.9. The van der Waals surface area contributed by atoms with Crippen LogP contribution in [-0.2, 0) is 9.59 Å². The van der Waals surface area contributed by atoms with Crippen LogP contribution < -0.4 is 14.8 Å². The van der Waals surface area contributed by atoms with Crippen LogP contribution in [-0.4, -0.2) is 42.2 Å². The number of halogens is 2. The summed E-state index contributed by atoms with van der Waals surface area (Å²) in [5.74, 6) is 0.0959. The van der Waals surface area contributed by atoms with Gasteiger partial charge in [0.05, 0.1) is 15.6 Å². The molecule has 190 valence electrons. The van der Waals surface area contributed by atoms with Gasteiger partial charge in [0.2, 0.25) is 0 Å². The third kappa shape index (κ3) is 6.58. The topological polar surface area (TPSA) is 84.9 Å². The lowest BCUT2D eigenvalue weighted by atomic mass is 9.89. The zero-order valence-corrected chi connectivity index (χ0v) is 22.7. The van der Waals surface area contributed by atoms with Crippen LogP contribution in [0.3, 0.4) is 0 Å². The third-order valence-corrected chi connectivity index (χ3v) is 7.77. The quantitative estimate of drug-likeness (QED) is 0.284. The summed E-state index contributed by atoms with van der Waals surface area (Å²) in [5, 5.41) is 2.41. The summed E-state index contributed by atoms with van der Waals surface area (Å²) >= 11 is 3.02. The zero-order chi connectivity index (χ0) is 25.7. The first-order valence-corrected chi connectivity index (χ1v) is 13.5. The number of benzene rings is 2. The van der Waals surface area contributed by atoms with Crippen molar-refractivity contribution in [3.05, 3.63) is 56.3 Å². The lowest BCUT2D eigenvalue weighted by molar-refractivity contribution is -0.123. The molecule has 1 saturated carbocycles. The van der Waals surface area contributed by atoms with Gasteiger partial charge >= 0.3 is 0 Å². The summed E-state index contributed by atoms with van der Waals surface area (Å²) in [6.45, 7) is 0.207. The van der Waals surface area contributed by atoms with Gasteiger partial charge in [-0.15, -0.1) is 0 Å². The molecule has 0 radical (unpaired) electrons. The Balaban J connectivity index is 1.43. The second-order valence-electron chi connectivity index (χ2n) is 8.67. The summed E-state index contributed by atoms with van der Waals surface area (Å²) in [5.41, 5.74) is 1.14. The Hall–Kier alpha value is -2.60. The van der Waals surface area contributed by atoms with E-state index in [2.05, 4.69) is 27.9 Å². The van der Waals surface area contributed by atoms with Gasteiger partial charge < -0.3 is 14.8 Å². The van der Waals surface area contributed by atoms with E-state index < -0.39 is 11.7 Å². The molecule has 1 N–H and O–H groups in total. The average Bonchev–Trinajstić information content (AvgIpc) is 3.12. The maximum absolute atomic E-state index is 13.0. The van der Waals surface area contributed by atoms with Gasteiger partial charge in [0.1, 0.15) is 5.82 Å². The SMILES string of the molecule is COc1cc(/C=C2/SC(=O)N(CC3CCCCC3)C2=O)cc(I)c1OCC(=O)Nc1ccc(F)cc1. The van der Waals surface area contributed by atoms with E-state index in [-0.39, 0.29) is 17.8 Å². The lowest BCUT2D eigenvalue weighted by Crippen LogP contribution is -2.34. The van der Waals surface area contributed by atoms with Gasteiger partial charge in [-0.25, -0.2) is 4.39 Å². The molecule has 1 heterocycles. The average molecular weight is 624 g/mol. The summed E-state index contributed by atoms with van der Waals surface area (Å²) in [4.78, 5) is 39.5. The van der Waals surface area contributed by atoms with E-state index in [1.165, 1.54) is 42.7 Å². The van der Waals surface area contributed by atoms with E-state index in [1.807, 2.05) is 0 Å². The Kier molecular flexibility index (Phi) is 8.89. The van der Waals surface area contributed by atoms with Crippen LogP contribution in [0.4, 0.5) is 14.9 Å². The zero-order valence-electron chi connectivity index (χ0n) is 19.7. The van der Waals surface area contributed by atoms with Gasteiger partial charge in [0.15, 0.2) is 18.1 Å². The number of amides is 3. The highest BCUT2D eigenvalue weighted by molar-refractivity contribution is 14.1. The number of rotatable bonds is 8. The smallest absolute Gasteiger partial charge is 0.293 e. The minimum atomic E-state index is -0.407. The molecule has 0 spiro atoms. The first-order chi connectivity index (χ1) is 17.3. The van der Waals surface area contributed by atoms with E-state index in [0.29, 0.717) is 43.7 Å². The highest BCUT2D eigenvalue weighted by atomic mass is 127. The standard InChI is InChI=1S/C26H26FIN2O5S/c1-34-21-12-17(13-22-25(32)30(26(33)36-22)14-16-5-3-2-4-6-16)11-20(28)24(21)35-15-23(31)29-19-9-7-18(27)8-10-19/h7-13,16H,2-6,14-15H2,1H3,(H,29,31)/b22-13+. The number of hydrogen-bond acceptors (Lipinski definition) is 6. The largest absolute Gasteiger partial charge is 0.493 e. The fraction of sp³-hybridized carbons (Fsp3) is 0.346. The molecule has 2 aliphatic rings. The Labute approximate surface area is 226 Å². The van der Waals surface area contributed by atoms with Gasteiger partial charge in [0.25, 0.3) is 17.1 Å². The van der Waals surface area contributed by atoms with E-state index in [1.54, 1.807) is 18.2 Å². The molecule has 1 aliphatic heterocycles. The first kappa shape index (κ1) is 26.5. The molecule has 0 atom stereocenters. The normalized spacial score (nSPS) is 17.5. The lowest BCUT2D eigenvalue weighted by Gasteiger charge is -2.25. The molecule has 1 aliphatic carbocycles. The first-order valence-electron chi connectivity index (χ1n) is 11.6. The van der Waals surface area contributed by atoms with Gasteiger partial charge in [0, 0.05) is 12.2 Å². The molecule has 10 heteroatoms. The predicted molar refractivity (Wildman–Crippen MR) is 145 cm³/mol. The molecule has 2 aromatic rings. The number of ether oxygens (including phenoxy) is 2. The van der Waals surface area contributed by atoms with E-state index in [0.717, 1.165) is 37.4 Å². The van der Waals surface area contributed by atoms with Crippen LogP contribution in [0.1, 0.15) is 37.7 Å². The minimum Gasteiger partial charge on any atom is -0.493 e.